The Hall–Kier alpha value is -3.59. The molecule has 0 spiro atoms. The minimum Gasteiger partial charge on any atom is -0.496 e. The number of amides is 1. The third kappa shape index (κ3) is 4.87. The first kappa shape index (κ1) is 21.1. The molecule has 2 N–H and O–H groups in total. The van der Waals surface area contributed by atoms with Crippen molar-refractivity contribution in [3.8, 4) is 11.5 Å². The van der Waals surface area contributed by atoms with E-state index < -0.39 is 15.9 Å². The van der Waals surface area contributed by atoms with E-state index in [2.05, 4.69) is 15.0 Å². The summed E-state index contributed by atoms with van der Waals surface area (Å²) in [6.45, 7) is 0.185. The van der Waals surface area contributed by atoms with Gasteiger partial charge in [0, 0.05) is 18.2 Å². The molecule has 2 aromatic carbocycles. The van der Waals surface area contributed by atoms with Gasteiger partial charge in [-0.3, -0.25) is 14.5 Å². The van der Waals surface area contributed by atoms with Crippen LogP contribution in [0.4, 0.5) is 5.69 Å². The molecule has 3 aromatic rings. The van der Waals surface area contributed by atoms with E-state index in [0.717, 1.165) is 5.56 Å². The van der Waals surface area contributed by atoms with Gasteiger partial charge in [0.15, 0.2) is 0 Å². The van der Waals surface area contributed by atoms with E-state index in [1.54, 1.807) is 25.3 Å². The van der Waals surface area contributed by atoms with Gasteiger partial charge in [0.25, 0.3) is 15.9 Å². The zero-order valence-electron chi connectivity index (χ0n) is 16.5. The first-order chi connectivity index (χ1) is 14.4. The maximum absolute atomic E-state index is 12.9. The number of para-hydroxylation sites is 1. The third-order valence-corrected chi connectivity index (χ3v) is 5.69. The molecule has 30 heavy (non-hydrogen) atoms. The lowest BCUT2D eigenvalue weighted by atomic mass is 10.1. The number of hydrogen-bond acceptors (Lipinski definition) is 6. The zero-order chi connectivity index (χ0) is 21.6. The van der Waals surface area contributed by atoms with Crippen LogP contribution in [-0.4, -0.2) is 33.5 Å². The van der Waals surface area contributed by atoms with Crippen LogP contribution in [0.15, 0.2) is 71.9 Å². The molecule has 1 heterocycles. The van der Waals surface area contributed by atoms with Gasteiger partial charge < -0.3 is 14.8 Å². The van der Waals surface area contributed by atoms with E-state index in [1.807, 2.05) is 18.2 Å². The Bertz CT molecular complexity index is 1150. The van der Waals surface area contributed by atoms with Crippen molar-refractivity contribution < 1.29 is 22.7 Å². The van der Waals surface area contributed by atoms with Crippen molar-refractivity contribution in [2.24, 2.45) is 0 Å². The molecule has 0 bridgehead atoms. The fourth-order valence-corrected chi connectivity index (χ4v) is 4.04. The quantitative estimate of drug-likeness (QED) is 0.573. The summed E-state index contributed by atoms with van der Waals surface area (Å²) in [6.07, 6.45) is 2.81. The highest BCUT2D eigenvalue weighted by molar-refractivity contribution is 7.92. The number of aromatic nitrogens is 1. The van der Waals surface area contributed by atoms with Crippen LogP contribution < -0.4 is 19.5 Å². The molecule has 0 aliphatic rings. The molecule has 0 atom stereocenters. The lowest BCUT2D eigenvalue weighted by Gasteiger charge is -2.13. The molecule has 8 nitrogen and oxygen atoms in total. The van der Waals surface area contributed by atoms with E-state index >= 15 is 0 Å². The second-order valence-corrected chi connectivity index (χ2v) is 7.86. The minimum atomic E-state index is -4.04. The summed E-state index contributed by atoms with van der Waals surface area (Å²) in [5.41, 5.74) is 1.02. The number of nitrogens with zero attached hydrogens (tertiary/aromatic N) is 1. The molecule has 0 saturated carbocycles. The van der Waals surface area contributed by atoms with E-state index in [1.165, 1.54) is 37.7 Å². The van der Waals surface area contributed by atoms with Crippen molar-refractivity contribution in [1.29, 1.82) is 0 Å². The predicted octanol–water partition coefficient (Wildman–Crippen LogP) is 2.83. The molecule has 0 fully saturated rings. The fraction of sp³-hybridized carbons (Fsp3) is 0.143. The number of sulfonamides is 1. The molecule has 9 heteroatoms. The van der Waals surface area contributed by atoms with Crippen LogP contribution in [0.5, 0.6) is 11.5 Å². The monoisotopic (exact) mass is 427 g/mol. The smallest absolute Gasteiger partial charge is 0.262 e. The van der Waals surface area contributed by atoms with Crippen molar-refractivity contribution in [2.75, 3.05) is 18.9 Å². The van der Waals surface area contributed by atoms with Crippen molar-refractivity contribution in [2.45, 2.75) is 11.4 Å². The van der Waals surface area contributed by atoms with Gasteiger partial charge in [0.05, 0.1) is 37.9 Å². The first-order valence-corrected chi connectivity index (χ1v) is 10.4. The summed E-state index contributed by atoms with van der Waals surface area (Å²) < 4.78 is 38.6. The number of carbonyl (C=O) groups excluding carboxylic acids is 1. The van der Waals surface area contributed by atoms with Crippen LogP contribution in [0.2, 0.25) is 0 Å². The van der Waals surface area contributed by atoms with E-state index in [-0.39, 0.29) is 22.7 Å². The largest absolute Gasteiger partial charge is 0.496 e. The number of methoxy groups -OCH3 is 2. The van der Waals surface area contributed by atoms with E-state index in [4.69, 9.17) is 9.47 Å². The summed E-state index contributed by atoms with van der Waals surface area (Å²) in [4.78, 5) is 16.5. The first-order valence-electron chi connectivity index (χ1n) is 8.95. The summed E-state index contributed by atoms with van der Waals surface area (Å²) in [5.74, 6) is 0.509. The predicted molar refractivity (Wildman–Crippen MR) is 112 cm³/mol. The molecule has 0 aliphatic heterocycles. The Morgan fingerprint density at radius 3 is 2.50 bits per heavy atom. The van der Waals surface area contributed by atoms with Crippen LogP contribution in [0.3, 0.4) is 0 Å². The van der Waals surface area contributed by atoms with Crippen LogP contribution in [0, 0.1) is 0 Å². The number of hydrogen-bond donors (Lipinski definition) is 2. The molecule has 1 amide bonds. The minimum absolute atomic E-state index is 0.0238. The Morgan fingerprint density at radius 1 is 1.00 bits per heavy atom. The lowest BCUT2D eigenvalue weighted by Crippen LogP contribution is -2.26. The molecular weight excluding hydrogens is 406 g/mol. The van der Waals surface area contributed by atoms with Crippen molar-refractivity contribution in [3.05, 3.63) is 78.1 Å². The lowest BCUT2D eigenvalue weighted by molar-refractivity contribution is 0.0947. The average molecular weight is 427 g/mol. The number of carbonyl (C=O) groups is 1. The number of anilines is 1. The Morgan fingerprint density at radius 2 is 1.73 bits per heavy atom. The van der Waals surface area contributed by atoms with E-state index in [0.29, 0.717) is 11.5 Å². The summed E-state index contributed by atoms with van der Waals surface area (Å²) >= 11 is 0. The second kappa shape index (κ2) is 9.27. The Labute approximate surface area is 174 Å². The normalized spacial score (nSPS) is 10.9. The number of rotatable bonds is 8. The number of ether oxygens (including phenoxy) is 2. The average Bonchev–Trinajstić information content (AvgIpc) is 2.77. The summed E-state index contributed by atoms with van der Waals surface area (Å²) in [6, 6.07) is 14.7. The SMILES string of the molecule is COc1cncc(NS(=O)(=O)c2ccccc2C(=O)NCc2ccccc2OC)c1. The molecule has 3 rings (SSSR count). The molecule has 0 radical (unpaired) electrons. The highest BCUT2D eigenvalue weighted by atomic mass is 32.2. The standard InChI is InChI=1S/C21H21N3O5S/c1-28-17-11-16(13-22-14-17)24-30(26,27)20-10-6-4-8-18(20)21(25)23-12-15-7-3-5-9-19(15)29-2/h3-11,13-14,24H,12H2,1-2H3,(H,23,25). The van der Waals surface area contributed by atoms with Crippen molar-refractivity contribution in [3.63, 3.8) is 0 Å². The highest BCUT2D eigenvalue weighted by Crippen LogP contribution is 2.22. The molecule has 156 valence electrons. The van der Waals surface area contributed by atoms with Crippen molar-refractivity contribution >= 4 is 21.6 Å². The topological polar surface area (TPSA) is 107 Å². The van der Waals surface area contributed by atoms with Crippen LogP contribution in [-0.2, 0) is 16.6 Å². The summed E-state index contributed by atoms with van der Waals surface area (Å²) in [5, 5.41) is 2.74. The van der Waals surface area contributed by atoms with Gasteiger partial charge in [-0.05, 0) is 18.2 Å². The van der Waals surface area contributed by atoms with Crippen LogP contribution in [0.25, 0.3) is 0 Å². The molecule has 0 saturated heterocycles. The maximum Gasteiger partial charge on any atom is 0.262 e. The number of nitrogens with one attached hydrogen (secondary N) is 2. The summed E-state index contributed by atoms with van der Waals surface area (Å²) in [7, 11) is -1.04. The molecule has 1 aromatic heterocycles. The Kier molecular flexibility index (Phi) is 6.53. The second-order valence-electron chi connectivity index (χ2n) is 6.21. The number of pyridine rings is 1. The highest BCUT2D eigenvalue weighted by Gasteiger charge is 2.22. The molecular formula is C21H21N3O5S. The maximum atomic E-state index is 12.9. The van der Waals surface area contributed by atoms with Gasteiger partial charge in [0.2, 0.25) is 0 Å². The van der Waals surface area contributed by atoms with E-state index in [9.17, 15) is 13.2 Å². The third-order valence-electron chi connectivity index (χ3n) is 4.25. The Balaban J connectivity index is 1.83. The zero-order valence-corrected chi connectivity index (χ0v) is 17.3. The van der Waals surface area contributed by atoms with Gasteiger partial charge in [-0.1, -0.05) is 30.3 Å². The van der Waals surface area contributed by atoms with Crippen molar-refractivity contribution in [1.82, 2.24) is 10.3 Å². The van der Waals surface area contributed by atoms with Gasteiger partial charge in [-0.25, -0.2) is 8.42 Å². The molecule has 0 unspecified atom stereocenters. The van der Waals surface area contributed by atoms with Crippen LogP contribution >= 0.6 is 0 Å². The van der Waals surface area contributed by atoms with Gasteiger partial charge in [0.1, 0.15) is 16.4 Å². The van der Waals surface area contributed by atoms with Gasteiger partial charge in [-0.15, -0.1) is 0 Å². The van der Waals surface area contributed by atoms with Gasteiger partial charge in [-0.2, -0.15) is 0 Å². The van der Waals surface area contributed by atoms with Crippen LogP contribution in [0.1, 0.15) is 15.9 Å². The number of benzene rings is 2. The fourth-order valence-electron chi connectivity index (χ4n) is 2.80. The molecule has 0 aliphatic carbocycles. The van der Waals surface area contributed by atoms with Gasteiger partial charge >= 0.3 is 0 Å².